The lowest BCUT2D eigenvalue weighted by Crippen LogP contribution is -2.37. The Labute approximate surface area is 125 Å². The molecule has 0 saturated heterocycles. The van der Waals surface area contributed by atoms with E-state index in [-0.39, 0.29) is 22.8 Å². The van der Waals surface area contributed by atoms with Crippen molar-refractivity contribution >= 4 is 34.1 Å². The fourth-order valence-corrected chi connectivity index (χ4v) is 2.76. The molecule has 0 atom stereocenters. The molecule has 0 fully saturated rings. The summed E-state index contributed by atoms with van der Waals surface area (Å²) in [5, 5.41) is 3.90. The highest BCUT2D eigenvalue weighted by molar-refractivity contribution is 8.93. The van der Waals surface area contributed by atoms with Gasteiger partial charge in [-0.2, -0.15) is 11.3 Å². The summed E-state index contributed by atoms with van der Waals surface area (Å²) in [5.74, 6) is 0.277. The van der Waals surface area contributed by atoms with E-state index in [4.69, 9.17) is 0 Å². The van der Waals surface area contributed by atoms with Crippen molar-refractivity contribution in [3.8, 4) is 0 Å². The number of ketones is 1. The molecule has 1 rings (SSSR count). The zero-order valence-electron chi connectivity index (χ0n) is 11.7. The van der Waals surface area contributed by atoms with Gasteiger partial charge in [0.25, 0.3) is 0 Å². The summed E-state index contributed by atoms with van der Waals surface area (Å²) in [4.78, 5) is 14.2. The molecule has 0 N–H and O–H groups in total. The fraction of sp³-hybridized carbons (Fsp3) is 0.643. The molecule has 0 unspecified atom stereocenters. The Morgan fingerprint density at radius 2 is 1.89 bits per heavy atom. The third-order valence-electron chi connectivity index (χ3n) is 2.99. The Morgan fingerprint density at radius 1 is 1.28 bits per heavy atom. The van der Waals surface area contributed by atoms with Crippen molar-refractivity contribution in [1.29, 1.82) is 0 Å². The van der Waals surface area contributed by atoms with E-state index in [0.29, 0.717) is 18.5 Å². The molecule has 104 valence electrons. The Morgan fingerprint density at radius 3 is 2.33 bits per heavy atom. The van der Waals surface area contributed by atoms with Gasteiger partial charge in [-0.3, -0.25) is 9.69 Å². The number of nitrogens with zero attached hydrogens (tertiary/aromatic N) is 1. The monoisotopic (exact) mass is 333 g/mol. The molecule has 1 aromatic heterocycles. The van der Waals surface area contributed by atoms with Gasteiger partial charge in [0.2, 0.25) is 0 Å². The molecule has 1 heterocycles. The van der Waals surface area contributed by atoms with Crippen LogP contribution in [0.15, 0.2) is 16.8 Å². The SMILES string of the molecule is Br.CC(C)N(CCCC(=O)c1ccsc1)C(C)C. The van der Waals surface area contributed by atoms with Crippen LogP contribution >= 0.6 is 28.3 Å². The molecular formula is C14H24BrNOS. The first-order valence-electron chi connectivity index (χ1n) is 6.33. The summed E-state index contributed by atoms with van der Waals surface area (Å²) in [5.41, 5.74) is 0.871. The Bertz CT molecular complexity index is 328. The minimum absolute atomic E-state index is 0. The number of halogens is 1. The average Bonchev–Trinajstić information content (AvgIpc) is 2.76. The van der Waals surface area contributed by atoms with Crippen molar-refractivity contribution in [3.05, 3.63) is 22.4 Å². The average molecular weight is 334 g/mol. The van der Waals surface area contributed by atoms with Gasteiger partial charge in [-0.25, -0.2) is 0 Å². The van der Waals surface area contributed by atoms with Gasteiger partial charge < -0.3 is 0 Å². The number of thiophene rings is 1. The van der Waals surface area contributed by atoms with Crippen LogP contribution < -0.4 is 0 Å². The van der Waals surface area contributed by atoms with Gasteiger partial charge in [0, 0.05) is 29.4 Å². The van der Waals surface area contributed by atoms with Gasteiger partial charge in [-0.05, 0) is 52.1 Å². The van der Waals surface area contributed by atoms with Crippen LogP contribution in [0.1, 0.15) is 50.9 Å². The highest BCUT2D eigenvalue weighted by Crippen LogP contribution is 2.12. The smallest absolute Gasteiger partial charge is 0.163 e. The predicted octanol–water partition coefficient (Wildman–Crippen LogP) is 4.41. The van der Waals surface area contributed by atoms with Gasteiger partial charge in [-0.15, -0.1) is 17.0 Å². The van der Waals surface area contributed by atoms with E-state index in [0.717, 1.165) is 18.5 Å². The van der Waals surface area contributed by atoms with E-state index < -0.39 is 0 Å². The molecule has 0 spiro atoms. The van der Waals surface area contributed by atoms with Crippen LogP contribution in [0.2, 0.25) is 0 Å². The van der Waals surface area contributed by atoms with Gasteiger partial charge in [0.1, 0.15) is 0 Å². The second-order valence-corrected chi connectivity index (χ2v) is 5.74. The molecule has 4 heteroatoms. The first-order valence-corrected chi connectivity index (χ1v) is 7.27. The van der Waals surface area contributed by atoms with Crippen molar-refractivity contribution in [1.82, 2.24) is 4.90 Å². The molecular weight excluding hydrogens is 310 g/mol. The molecule has 0 radical (unpaired) electrons. The third-order valence-corrected chi connectivity index (χ3v) is 3.67. The van der Waals surface area contributed by atoms with Crippen molar-refractivity contribution in [2.75, 3.05) is 6.54 Å². The summed E-state index contributed by atoms with van der Waals surface area (Å²) in [6.45, 7) is 9.84. The van der Waals surface area contributed by atoms with Crippen molar-refractivity contribution < 1.29 is 4.79 Å². The highest BCUT2D eigenvalue weighted by atomic mass is 79.9. The van der Waals surface area contributed by atoms with E-state index in [1.54, 1.807) is 11.3 Å². The maximum atomic E-state index is 11.8. The Hall–Kier alpha value is -0.190. The number of hydrogen-bond donors (Lipinski definition) is 0. The van der Waals surface area contributed by atoms with Crippen LogP contribution in [0, 0.1) is 0 Å². The molecule has 1 aromatic rings. The molecule has 0 aliphatic carbocycles. The van der Waals surface area contributed by atoms with Crippen LogP contribution in [0.3, 0.4) is 0 Å². The standard InChI is InChI=1S/C14H23NOS.BrH/c1-11(2)15(12(3)4)8-5-6-14(16)13-7-9-17-10-13;/h7,9-12H,5-6,8H2,1-4H3;1H. The summed E-state index contributed by atoms with van der Waals surface area (Å²) in [6.07, 6.45) is 1.61. The molecule has 0 aliphatic rings. The second-order valence-electron chi connectivity index (χ2n) is 4.96. The Kier molecular flexibility index (Phi) is 8.74. The largest absolute Gasteiger partial charge is 0.299 e. The van der Waals surface area contributed by atoms with Crippen LogP contribution in [0.5, 0.6) is 0 Å². The number of hydrogen-bond acceptors (Lipinski definition) is 3. The Balaban J connectivity index is 0.00000289. The predicted molar refractivity (Wildman–Crippen MR) is 85.2 cm³/mol. The summed E-state index contributed by atoms with van der Waals surface area (Å²) < 4.78 is 0. The number of Topliss-reactive ketones (excluding diaryl/α,β-unsaturated/α-hetero) is 1. The summed E-state index contributed by atoms with van der Waals surface area (Å²) in [6, 6.07) is 3.01. The topological polar surface area (TPSA) is 20.3 Å². The molecule has 0 saturated carbocycles. The molecule has 0 aliphatic heterocycles. The molecule has 0 aromatic carbocycles. The van der Waals surface area contributed by atoms with E-state index in [1.807, 2.05) is 16.8 Å². The second kappa shape index (κ2) is 8.83. The minimum Gasteiger partial charge on any atom is -0.299 e. The number of rotatable bonds is 7. The first kappa shape index (κ1) is 17.8. The first-order chi connectivity index (χ1) is 8.02. The zero-order chi connectivity index (χ0) is 12.8. The van der Waals surface area contributed by atoms with E-state index in [9.17, 15) is 4.79 Å². The molecule has 0 bridgehead atoms. The van der Waals surface area contributed by atoms with Gasteiger partial charge in [-0.1, -0.05) is 0 Å². The van der Waals surface area contributed by atoms with Crippen molar-refractivity contribution in [3.63, 3.8) is 0 Å². The van der Waals surface area contributed by atoms with Crippen molar-refractivity contribution in [2.45, 2.75) is 52.6 Å². The summed E-state index contributed by atoms with van der Waals surface area (Å²) in [7, 11) is 0. The highest BCUT2D eigenvalue weighted by Gasteiger charge is 2.13. The molecule has 18 heavy (non-hydrogen) atoms. The normalized spacial score (nSPS) is 11.1. The van der Waals surface area contributed by atoms with E-state index >= 15 is 0 Å². The van der Waals surface area contributed by atoms with Crippen LogP contribution in [0.4, 0.5) is 0 Å². The lowest BCUT2D eigenvalue weighted by atomic mass is 10.1. The van der Waals surface area contributed by atoms with E-state index in [1.165, 1.54) is 0 Å². The zero-order valence-corrected chi connectivity index (χ0v) is 14.2. The fourth-order valence-electron chi connectivity index (χ4n) is 2.10. The molecule has 0 amide bonds. The van der Waals surface area contributed by atoms with Crippen LogP contribution in [-0.2, 0) is 0 Å². The lowest BCUT2D eigenvalue weighted by molar-refractivity contribution is 0.0966. The van der Waals surface area contributed by atoms with E-state index in [2.05, 4.69) is 32.6 Å². The van der Waals surface area contributed by atoms with Crippen LogP contribution in [0.25, 0.3) is 0 Å². The van der Waals surface area contributed by atoms with Crippen LogP contribution in [-0.4, -0.2) is 29.3 Å². The van der Waals surface area contributed by atoms with Gasteiger partial charge >= 0.3 is 0 Å². The quantitative estimate of drug-likeness (QED) is 0.689. The maximum absolute atomic E-state index is 11.8. The number of carbonyl (C=O) groups is 1. The minimum atomic E-state index is 0. The number of carbonyl (C=O) groups excluding carboxylic acids is 1. The van der Waals surface area contributed by atoms with Gasteiger partial charge in [0.15, 0.2) is 5.78 Å². The van der Waals surface area contributed by atoms with Crippen molar-refractivity contribution in [2.24, 2.45) is 0 Å². The lowest BCUT2D eigenvalue weighted by Gasteiger charge is -2.30. The van der Waals surface area contributed by atoms with Gasteiger partial charge in [0.05, 0.1) is 0 Å². The molecule has 2 nitrogen and oxygen atoms in total. The summed E-state index contributed by atoms with van der Waals surface area (Å²) >= 11 is 1.59. The third kappa shape index (κ3) is 5.63. The maximum Gasteiger partial charge on any atom is 0.163 e.